The van der Waals surface area contributed by atoms with E-state index in [1.165, 1.54) is 0 Å². The number of hydrazine groups is 1. The lowest BCUT2D eigenvalue weighted by Crippen LogP contribution is -2.47. The van der Waals surface area contributed by atoms with Crippen molar-refractivity contribution in [2.75, 3.05) is 7.05 Å². The SMILES string of the molecule is CN=C1NNS(=O)(=O)c2ccccc21. The second-order valence-electron chi connectivity index (χ2n) is 2.80. The highest BCUT2D eigenvalue weighted by molar-refractivity contribution is 7.89. The van der Waals surface area contributed by atoms with E-state index >= 15 is 0 Å². The Balaban J connectivity index is 2.73. The van der Waals surface area contributed by atoms with Crippen LogP contribution in [0.5, 0.6) is 0 Å². The van der Waals surface area contributed by atoms with Crippen molar-refractivity contribution in [3.8, 4) is 0 Å². The zero-order valence-electron chi connectivity index (χ0n) is 7.48. The molecule has 1 aliphatic heterocycles. The molecule has 0 saturated heterocycles. The Morgan fingerprint density at radius 2 is 2.00 bits per heavy atom. The van der Waals surface area contributed by atoms with E-state index in [2.05, 4.69) is 15.2 Å². The zero-order valence-corrected chi connectivity index (χ0v) is 8.30. The lowest BCUT2D eigenvalue weighted by molar-refractivity contribution is 0.573. The molecular weight excluding hydrogens is 202 g/mol. The van der Waals surface area contributed by atoms with E-state index in [1.54, 1.807) is 31.3 Å². The summed E-state index contributed by atoms with van der Waals surface area (Å²) in [6.45, 7) is 0. The summed E-state index contributed by atoms with van der Waals surface area (Å²) in [7, 11) is -1.83. The van der Waals surface area contributed by atoms with Crippen LogP contribution in [0.4, 0.5) is 0 Å². The molecule has 0 bridgehead atoms. The molecule has 0 fully saturated rings. The number of nitrogens with one attached hydrogen (secondary N) is 2. The Bertz CT molecular complexity index is 493. The van der Waals surface area contributed by atoms with Crippen molar-refractivity contribution in [2.24, 2.45) is 4.99 Å². The van der Waals surface area contributed by atoms with Crippen LogP contribution in [0.1, 0.15) is 5.56 Å². The van der Waals surface area contributed by atoms with Crippen molar-refractivity contribution in [1.82, 2.24) is 10.3 Å². The first-order valence-electron chi connectivity index (χ1n) is 3.99. The number of aliphatic imine (C=N–C) groups is 1. The van der Waals surface area contributed by atoms with Gasteiger partial charge in [-0.2, -0.15) is 0 Å². The molecule has 0 amide bonds. The van der Waals surface area contributed by atoms with Crippen LogP contribution in [0.2, 0.25) is 0 Å². The first-order valence-corrected chi connectivity index (χ1v) is 5.47. The first kappa shape index (κ1) is 9.17. The van der Waals surface area contributed by atoms with Gasteiger partial charge in [0.15, 0.2) is 0 Å². The average Bonchev–Trinajstić information content (AvgIpc) is 2.18. The summed E-state index contributed by atoms with van der Waals surface area (Å²) in [5, 5.41) is 0. The van der Waals surface area contributed by atoms with E-state index in [0.29, 0.717) is 11.4 Å². The second-order valence-corrected chi connectivity index (χ2v) is 4.45. The van der Waals surface area contributed by atoms with Crippen molar-refractivity contribution in [3.05, 3.63) is 29.8 Å². The number of rotatable bonds is 0. The van der Waals surface area contributed by atoms with E-state index in [1.807, 2.05) is 0 Å². The number of sulfonamides is 1. The molecule has 0 aliphatic carbocycles. The van der Waals surface area contributed by atoms with Crippen molar-refractivity contribution < 1.29 is 8.42 Å². The second kappa shape index (κ2) is 3.07. The third kappa shape index (κ3) is 1.28. The van der Waals surface area contributed by atoms with Crippen molar-refractivity contribution >= 4 is 15.9 Å². The van der Waals surface area contributed by atoms with E-state index in [4.69, 9.17) is 0 Å². The summed E-state index contributed by atoms with van der Waals surface area (Å²) in [4.78, 5) is 6.39. The molecule has 74 valence electrons. The van der Waals surface area contributed by atoms with Gasteiger partial charge in [0.05, 0.1) is 4.90 Å². The van der Waals surface area contributed by atoms with Gasteiger partial charge in [-0.05, 0) is 12.1 Å². The molecule has 0 radical (unpaired) electrons. The monoisotopic (exact) mass is 211 g/mol. The average molecular weight is 211 g/mol. The smallest absolute Gasteiger partial charge is 0.258 e. The van der Waals surface area contributed by atoms with Gasteiger partial charge in [-0.3, -0.25) is 10.4 Å². The molecule has 6 heteroatoms. The van der Waals surface area contributed by atoms with Crippen LogP contribution < -0.4 is 10.3 Å². The minimum absolute atomic E-state index is 0.249. The fourth-order valence-electron chi connectivity index (χ4n) is 1.31. The Labute approximate surface area is 81.9 Å². The Morgan fingerprint density at radius 1 is 1.29 bits per heavy atom. The van der Waals surface area contributed by atoms with Crippen LogP contribution in [0.15, 0.2) is 34.2 Å². The van der Waals surface area contributed by atoms with E-state index in [-0.39, 0.29) is 4.90 Å². The minimum atomic E-state index is -3.43. The van der Waals surface area contributed by atoms with Gasteiger partial charge in [-0.1, -0.05) is 12.1 Å². The standard InChI is InChI=1S/C8H9N3O2S/c1-9-8-6-4-2-3-5-7(6)14(12,13)11-10-8/h2-5,11H,1H3,(H,9,10). The molecule has 1 aliphatic rings. The van der Waals surface area contributed by atoms with Gasteiger partial charge in [0.2, 0.25) is 0 Å². The molecule has 5 nitrogen and oxygen atoms in total. The third-order valence-corrected chi connectivity index (χ3v) is 3.26. The van der Waals surface area contributed by atoms with Gasteiger partial charge in [0, 0.05) is 12.6 Å². The van der Waals surface area contributed by atoms with Gasteiger partial charge in [-0.15, -0.1) is 4.83 Å². The number of fused-ring (bicyclic) bond motifs is 1. The van der Waals surface area contributed by atoms with Crippen LogP contribution in [0.25, 0.3) is 0 Å². The third-order valence-electron chi connectivity index (χ3n) is 1.96. The van der Waals surface area contributed by atoms with Crippen molar-refractivity contribution in [2.45, 2.75) is 4.90 Å². The van der Waals surface area contributed by atoms with Gasteiger partial charge < -0.3 is 0 Å². The molecular formula is C8H9N3O2S. The molecule has 2 N–H and O–H groups in total. The Morgan fingerprint density at radius 3 is 2.71 bits per heavy atom. The molecule has 0 atom stereocenters. The van der Waals surface area contributed by atoms with E-state index in [0.717, 1.165) is 0 Å². The van der Waals surface area contributed by atoms with Crippen LogP contribution in [0.3, 0.4) is 0 Å². The zero-order chi connectivity index (χ0) is 10.2. The van der Waals surface area contributed by atoms with Gasteiger partial charge in [-0.25, -0.2) is 8.42 Å². The van der Waals surface area contributed by atoms with Crippen LogP contribution in [-0.2, 0) is 10.0 Å². The summed E-state index contributed by atoms with van der Waals surface area (Å²) in [6, 6.07) is 6.70. The van der Waals surface area contributed by atoms with Crippen LogP contribution >= 0.6 is 0 Å². The maximum atomic E-state index is 11.5. The summed E-state index contributed by atoms with van der Waals surface area (Å²) in [5.41, 5.74) is 3.12. The Hall–Kier alpha value is -1.40. The molecule has 0 unspecified atom stereocenters. The summed E-state index contributed by atoms with van der Waals surface area (Å²) >= 11 is 0. The van der Waals surface area contributed by atoms with E-state index < -0.39 is 10.0 Å². The summed E-state index contributed by atoms with van der Waals surface area (Å²) in [6.07, 6.45) is 0. The molecule has 1 heterocycles. The lowest BCUT2D eigenvalue weighted by atomic mass is 10.2. The predicted molar refractivity (Wildman–Crippen MR) is 52.4 cm³/mol. The topological polar surface area (TPSA) is 70.6 Å². The maximum Gasteiger partial charge on any atom is 0.258 e. The number of nitrogens with zero attached hydrogens (tertiary/aromatic N) is 1. The van der Waals surface area contributed by atoms with Crippen molar-refractivity contribution in [1.29, 1.82) is 0 Å². The molecule has 2 rings (SSSR count). The van der Waals surface area contributed by atoms with Crippen LogP contribution in [0, 0.1) is 0 Å². The fraction of sp³-hybridized carbons (Fsp3) is 0.125. The van der Waals surface area contributed by atoms with Gasteiger partial charge in [0.25, 0.3) is 10.0 Å². The quantitative estimate of drug-likeness (QED) is 0.627. The number of amidine groups is 1. The minimum Gasteiger partial charge on any atom is -0.292 e. The van der Waals surface area contributed by atoms with Gasteiger partial charge >= 0.3 is 0 Å². The van der Waals surface area contributed by atoms with Gasteiger partial charge in [0.1, 0.15) is 5.84 Å². The molecule has 14 heavy (non-hydrogen) atoms. The normalized spacial score (nSPS) is 21.4. The molecule has 0 aromatic heterocycles. The Kier molecular flexibility index (Phi) is 2.01. The number of hydrogen-bond donors (Lipinski definition) is 2. The number of hydrogen-bond acceptors (Lipinski definition) is 3. The highest BCUT2D eigenvalue weighted by Gasteiger charge is 2.25. The molecule has 1 aromatic rings. The highest BCUT2D eigenvalue weighted by Crippen LogP contribution is 2.17. The van der Waals surface area contributed by atoms with E-state index in [9.17, 15) is 8.42 Å². The first-order chi connectivity index (χ1) is 6.65. The summed E-state index contributed by atoms with van der Waals surface area (Å²) in [5.74, 6) is 0.524. The lowest BCUT2D eigenvalue weighted by Gasteiger charge is -2.19. The maximum absolute atomic E-state index is 11.5. The van der Waals surface area contributed by atoms with Crippen LogP contribution in [-0.4, -0.2) is 21.3 Å². The highest BCUT2D eigenvalue weighted by atomic mass is 32.2. The van der Waals surface area contributed by atoms with Crippen molar-refractivity contribution in [3.63, 3.8) is 0 Å². The fourth-order valence-corrected chi connectivity index (χ4v) is 2.36. The summed E-state index contributed by atoms with van der Waals surface area (Å²) < 4.78 is 23.0. The molecule has 0 saturated carbocycles. The molecule has 0 spiro atoms. The number of benzene rings is 1. The largest absolute Gasteiger partial charge is 0.292 e. The predicted octanol–water partition coefficient (Wildman–Crippen LogP) is -0.141. The molecule has 1 aromatic carbocycles.